The van der Waals surface area contributed by atoms with Gasteiger partial charge in [0.1, 0.15) is 0 Å². The molecule has 0 saturated carbocycles. The van der Waals surface area contributed by atoms with E-state index < -0.39 is 18.4 Å². The Balaban J connectivity index is 1.84. The number of rotatable bonds is 32. The van der Waals surface area contributed by atoms with E-state index in [1.165, 1.54) is 195 Å². The Morgan fingerprint density at radius 3 is 1.30 bits per heavy atom. The van der Waals surface area contributed by atoms with Crippen molar-refractivity contribution in [1.29, 1.82) is 0 Å². The van der Waals surface area contributed by atoms with E-state index in [2.05, 4.69) is 65.0 Å². The van der Waals surface area contributed by atoms with Gasteiger partial charge in [-0.1, -0.05) is 52.4 Å². The van der Waals surface area contributed by atoms with Gasteiger partial charge in [-0.2, -0.15) is 0 Å². The van der Waals surface area contributed by atoms with Gasteiger partial charge in [-0.3, -0.25) is 0 Å². The van der Waals surface area contributed by atoms with Crippen LogP contribution in [0.15, 0.2) is 12.1 Å². The minimum absolute atomic E-state index is 0.122. The van der Waals surface area contributed by atoms with E-state index in [1.54, 1.807) is 23.8 Å². The SMILES string of the molecule is CCCCCCCCCCCCC1(CCCCCCCCCCCC)Oc2cc(C)sc2-c2s[c]([Sn]([CH2]CCC)([CH2]CCC)[CH2]CCC)cc21. The van der Waals surface area contributed by atoms with Crippen LogP contribution in [0.1, 0.15) is 225 Å². The van der Waals surface area contributed by atoms with Crippen molar-refractivity contribution in [2.45, 2.75) is 240 Å². The normalized spacial score (nSPS) is 13.8. The zero-order chi connectivity index (χ0) is 35.9. The Labute approximate surface area is 324 Å². The molecule has 0 N–H and O–H groups in total. The van der Waals surface area contributed by atoms with Crippen molar-refractivity contribution >= 4 is 43.9 Å². The molecule has 50 heavy (non-hydrogen) atoms. The fourth-order valence-electron chi connectivity index (χ4n) is 8.73. The number of aryl methyl sites for hydroxylation is 1. The maximum absolute atomic E-state index is 7.44. The zero-order valence-corrected chi connectivity index (χ0v) is 38.8. The molecule has 1 aliphatic rings. The molecule has 0 unspecified atom stereocenters. The topological polar surface area (TPSA) is 9.23 Å². The summed E-state index contributed by atoms with van der Waals surface area (Å²) in [6.45, 7) is 14.2. The summed E-state index contributed by atoms with van der Waals surface area (Å²) < 4.78 is 14.0. The summed E-state index contributed by atoms with van der Waals surface area (Å²) >= 11 is 1.73. The monoisotopic (exact) mass is 834 g/mol. The summed E-state index contributed by atoms with van der Waals surface area (Å²) in [7, 11) is 0. The molecule has 0 aliphatic carbocycles. The van der Waals surface area contributed by atoms with Gasteiger partial charge in [0, 0.05) is 0 Å². The summed E-state index contributed by atoms with van der Waals surface area (Å²) in [6, 6.07) is 5.25. The minimum atomic E-state index is -2.57. The molecule has 0 atom stereocenters. The molecule has 4 heteroatoms. The number of unbranched alkanes of at least 4 members (excludes halogenated alkanes) is 21. The predicted octanol–water partition coefficient (Wildman–Crippen LogP) is 17.1. The van der Waals surface area contributed by atoms with E-state index in [9.17, 15) is 0 Å². The van der Waals surface area contributed by atoms with E-state index in [4.69, 9.17) is 4.74 Å². The Kier molecular flexibility index (Phi) is 23.0. The van der Waals surface area contributed by atoms with Crippen molar-refractivity contribution in [3.05, 3.63) is 22.6 Å². The van der Waals surface area contributed by atoms with Crippen LogP contribution < -0.4 is 7.63 Å². The molecule has 0 aromatic carbocycles. The zero-order valence-electron chi connectivity index (χ0n) is 34.3. The van der Waals surface area contributed by atoms with Crippen LogP contribution in [0.25, 0.3) is 9.75 Å². The van der Waals surface area contributed by atoms with Crippen LogP contribution >= 0.6 is 22.7 Å². The molecule has 0 radical (unpaired) electrons. The van der Waals surface area contributed by atoms with Gasteiger partial charge in [-0.05, 0) is 0 Å². The van der Waals surface area contributed by atoms with Crippen molar-refractivity contribution in [3.63, 3.8) is 0 Å². The first-order valence-electron chi connectivity index (χ1n) is 22.4. The van der Waals surface area contributed by atoms with Gasteiger partial charge >= 0.3 is 275 Å². The molecule has 3 rings (SSSR count). The van der Waals surface area contributed by atoms with Crippen LogP contribution in [0.3, 0.4) is 0 Å². The Morgan fingerprint density at radius 2 is 0.880 bits per heavy atom. The van der Waals surface area contributed by atoms with Gasteiger partial charge in [0.05, 0.1) is 0 Å². The third kappa shape index (κ3) is 14.3. The van der Waals surface area contributed by atoms with E-state index in [0.29, 0.717) is 0 Å². The van der Waals surface area contributed by atoms with Crippen molar-refractivity contribution in [2.75, 3.05) is 0 Å². The fraction of sp³-hybridized carbons (Fsp3) is 0.826. The number of hydrogen-bond donors (Lipinski definition) is 0. The van der Waals surface area contributed by atoms with E-state index in [-0.39, 0.29) is 5.60 Å². The van der Waals surface area contributed by atoms with Gasteiger partial charge < -0.3 is 0 Å². The van der Waals surface area contributed by atoms with Gasteiger partial charge in [0.25, 0.3) is 0 Å². The molecule has 0 fully saturated rings. The van der Waals surface area contributed by atoms with Crippen LogP contribution in [0.2, 0.25) is 13.3 Å². The number of thiophene rings is 2. The molecule has 0 saturated heterocycles. The predicted molar refractivity (Wildman–Crippen MR) is 232 cm³/mol. The molecule has 0 bridgehead atoms. The molecule has 2 aromatic heterocycles. The van der Waals surface area contributed by atoms with E-state index in [1.807, 2.05) is 14.2 Å². The van der Waals surface area contributed by atoms with E-state index in [0.717, 1.165) is 0 Å². The summed E-state index contributed by atoms with van der Waals surface area (Å²) in [5, 5.41) is 0. The van der Waals surface area contributed by atoms with Gasteiger partial charge in [-0.25, -0.2) is 0 Å². The summed E-state index contributed by atoms with van der Waals surface area (Å²) in [4.78, 5) is 4.53. The van der Waals surface area contributed by atoms with Gasteiger partial charge in [0.2, 0.25) is 0 Å². The molecule has 0 amide bonds. The van der Waals surface area contributed by atoms with Gasteiger partial charge in [0.15, 0.2) is 0 Å². The number of hydrogen-bond acceptors (Lipinski definition) is 3. The first-order valence-corrected chi connectivity index (χ1v) is 31.5. The second kappa shape index (κ2) is 25.9. The fourth-order valence-corrected chi connectivity index (χ4v) is 30.2. The van der Waals surface area contributed by atoms with Gasteiger partial charge in [-0.15, -0.1) is 0 Å². The average Bonchev–Trinajstić information content (AvgIpc) is 3.74. The molecular weight excluding hydrogens is 751 g/mol. The molecule has 1 nitrogen and oxygen atoms in total. The summed E-state index contributed by atoms with van der Waals surface area (Å²) in [6.07, 6.45) is 38.8. The second-order valence-electron chi connectivity index (χ2n) is 16.5. The Hall–Kier alpha value is -0.00130. The molecule has 0 spiro atoms. The third-order valence-electron chi connectivity index (χ3n) is 12.0. The standard InChI is InChI=1S/C34H55OS2.3C4H9.Sn/c1-4-6-8-10-12-14-16-18-20-22-25-34(26-23-21-19-17-15-13-11-9-7-5-2)30-24-27-36-32(30)33-31(35-34)28-29(3)37-33;3*1-3-4-2;/h24,28H,4-23,25-26H2,1-3H3;3*1,3-4H2,2H3;. The number of ether oxygens (including phenoxy) is 1. The van der Waals surface area contributed by atoms with Crippen molar-refractivity contribution in [2.24, 2.45) is 0 Å². The number of fused-ring (bicyclic) bond motifs is 3. The van der Waals surface area contributed by atoms with Crippen LogP contribution in [-0.2, 0) is 5.60 Å². The van der Waals surface area contributed by atoms with Crippen molar-refractivity contribution < 1.29 is 4.74 Å². The molecular formula is C46H82OS2Sn. The first-order chi connectivity index (χ1) is 24.5. The molecule has 288 valence electrons. The third-order valence-corrected chi connectivity index (χ3v) is 32.5. The second-order valence-corrected chi connectivity index (χ2v) is 32.9. The molecule has 1 aliphatic heterocycles. The van der Waals surface area contributed by atoms with E-state index >= 15 is 0 Å². The first kappa shape index (κ1) is 44.4. The van der Waals surface area contributed by atoms with Crippen LogP contribution in [0.5, 0.6) is 5.75 Å². The van der Waals surface area contributed by atoms with Crippen LogP contribution in [0.4, 0.5) is 0 Å². The Morgan fingerprint density at radius 1 is 0.480 bits per heavy atom. The maximum atomic E-state index is 7.44. The average molecular weight is 834 g/mol. The van der Waals surface area contributed by atoms with Crippen molar-refractivity contribution in [1.82, 2.24) is 0 Å². The Bertz CT molecular complexity index is 1090. The summed E-state index contributed by atoms with van der Waals surface area (Å²) in [5.74, 6) is 1.23. The summed E-state index contributed by atoms with van der Waals surface area (Å²) in [5.41, 5.74) is 1.52. The molecule has 3 heterocycles. The van der Waals surface area contributed by atoms with Crippen LogP contribution in [0, 0.1) is 6.92 Å². The quantitative estimate of drug-likeness (QED) is 0.0527. The van der Waals surface area contributed by atoms with Crippen LogP contribution in [-0.4, -0.2) is 18.4 Å². The van der Waals surface area contributed by atoms with Crippen molar-refractivity contribution in [3.8, 4) is 15.5 Å². The molecule has 2 aromatic rings.